The van der Waals surface area contributed by atoms with Crippen molar-refractivity contribution in [3.63, 3.8) is 0 Å². The van der Waals surface area contributed by atoms with Crippen LogP contribution in [0.1, 0.15) is 60.4 Å². The molecule has 4 N–H and O–H groups in total. The van der Waals surface area contributed by atoms with Crippen LogP contribution < -0.4 is 11.1 Å². The van der Waals surface area contributed by atoms with Crippen molar-refractivity contribution < 1.29 is 19.5 Å². The summed E-state index contributed by atoms with van der Waals surface area (Å²) in [5, 5.41) is 12.1. The molecule has 7 heteroatoms. The van der Waals surface area contributed by atoms with E-state index in [1.807, 2.05) is 12.1 Å². The minimum atomic E-state index is -0.917. The summed E-state index contributed by atoms with van der Waals surface area (Å²) in [7, 11) is 0. The Morgan fingerprint density at radius 2 is 1.69 bits per heavy atom. The number of nitrogens with one attached hydrogen (secondary N) is 1. The van der Waals surface area contributed by atoms with E-state index >= 15 is 0 Å². The number of carboxylic acid groups (broad SMARTS) is 1. The van der Waals surface area contributed by atoms with Gasteiger partial charge in [-0.2, -0.15) is 0 Å². The van der Waals surface area contributed by atoms with E-state index in [2.05, 4.69) is 5.32 Å². The van der Waals surface area contributed by atoms with Crippen molar-refractivity contribution in [3.05, 3.63) is 35.4 Å². The molecule has 3 rings (SSSR count). The van der Waals surface area contributed by atoms with E-state index in [0.717, 1.165) is 37.7 Å². The van der Waals surface area contributed by atoms with Crippen LogP contribution >= 0.6 is 0 Å². The summed E-state index contributed by atoms with van der Waals surface area (Å²) in [6, 6.07) is 6.21. The number of amides is 3. The van der Waals surface area contributed by atoms with E-state index < -0.39 is 18.0 Å². The molecule has 1 aliphatic heterocycles. The molecule has 0 radical (unpaired) electrons. The number of primary amides is 1. The summed E-state index contributed by atoms with van der Waals surface area (Å²) in [6.07, 6.45) is 5.12. The minimum absolute atomic E-state index is 0.101. The number of nitrogens with zero attached hydrogens (tertiary/aromatic N) is 1. The first-order valence-corrected chi connectivity index (χ1v) is 9.15. The number of hydrogen-bond donors (Lipinski definition) is 3. The average molecular weight is 359 g/mol. The maximum Gasteiger partial charge on any atom is 0.335 e. The van der Waals surface area contributed by atoms with Gasteiger partial charge in [-0.15, -0.1) is 0 Å². The number of likely N-dealkylation sites (tertiary alicyclic amines) is 1. The van der Waals surface area contributed by atoms with Gasteiger partial charge in [0.2, 0.25) is 5.91 Å². The first-order chi connectivity index (χ1) is 12.5. The number of aromatic carboxylic acids is 1. The van der Waals surface area contributed by atoms with E-state index in [1.54, 1.807) is 12.1 Å². The number of hydrogen-bond acceptors (Lipinski definition) is 3. The quantitative estimate of drug-likeness (QED) is 0.764. The van der Waals surface area contributed by atoms with Crippen molar-refractivity contribution in [2.75, 3.05) is 6.54 Å². The van der Waals surface area contributed by atoms with Crippen LogP contribution in [0.2, 0.25) is 0 Å². The summed E-state index contributed by atoms with van der Waals surface area (Å²) in [5.41, 5.74) is 6.79. The standard InChI is InChI=1S/C19H25N3O4/c20-19(26)22-11-1-2-16(22)17(23)21-15-9-7-13(8-10-15)12-3-5-14(6-4-12)18(24)25/h3-6,13,15-16H,1-2,7-11H2,(H2,20,26)(H,21,23)(H,24,25)/t13?,15?,16-/m1/s1. The molecule has 1 aromatic rings. The predicted octanol–water partition coefficient (Wildman–Crippen LogP) is 2.07. The van der Waals surface area contributed by atoms with E-state index in [-0.39, 0.29) is 11.9 Å². The molecule has 2 fully saturated rings. The third kappa shape index (κ3) is 3.98. The average Bonchev–Trinajstić information content (AvgIpc) is 3.13. The number of benzene rings is 1. The van der Waals surface area contributed by atoms with Crippen LogP contribution in [-0.2, 0) is 4.79 Å². The molecule has 0 spiro atoms. The number of nitrogens with two attached hydrogens (primary N) is 1. The van der Waals surface area contributed by atoms with E-state index in [4.69, 9.17) is 10.8 Å². The molecule has 26 heavy (non-hydrogen) atoms. The molecule has 1 atom stereocenters. The maximum absolute atomic E-state index is 12.5. The first-order valence-electron chi connectivity index (χ1n) is 9.15. The lowest BCUT2D eigenvalue weighted by molar-refractivity contribution is -0.125. The van der Waals surface area contributed by atoms with Gasteiger partial charge in [0.25, 0.3) is 0 Å². The fraction of sp³-hybridized carbons (Fsp3) is 0.526. The second-order valence-corrected chi connectivity index (χ2v) is 7.17. The zero-order valence-electron chi connectivity index (χ0n) is 14.7. The van der Waals surface area contributed by atoms with Crippen LogP contribution in [0.3, 0.4) is 0 Å². The molecule has 3 amide bonds. The Kier molecular flexibility index (Phi) is 5.44. The van der Waals surface area contributed by atoms with Crippen LogP contribution in [0.5, 0.6) is 0 Å². The smallest absolute Gasteiger partial charge is 0.335 e. The van der Waals surface area contributed by atoms with Crippen LogP contribution in [0.4, 0.5) is 4.79 Å². The Bertz CT molecular complexity index is 681. The number of carboxylic acids is 1. The zero-order chi connectivity index (χ0) is 18.7. The fourth-order valence-corrected chi connectivity index (χ4v) is 4.07. The van der Waals surface area contributed by atoms with Gasteiger partial charge in [-0.05, 0) is 62.1 Å². The van der Waals surface area contributed by atoms with Crippen molar-refractivity contribution in [1.29, 1.82) is 0 Å². The van der Waals surface area contributed by atoms with E-state index in [9.17, 15) is 14.4 Å². The third-order valence-corrected chi connectivity index (χ3v) is 5.54. The Morgan fingerprint density at radius 1 is 1.04 bits per heavy atom. The van der Waals surface area contributed by atoms with Gasteiger partial charge in [0.15, 0.2) is 0 Å². The lowest BCUT2D eigenvalue weighted by Crippen LogP contribution is -2.50. The highest BCUT2D eigenvalue weighted by atomic mass is 16.4. The highest BCUT2D eigenvalue weighted by Gasteiger charge is 2.34. The first kappa shape index (κ1) is 18.2. The third-order valence-electron chi connectivity index (χ3n) is 5.54. The Morgan fingerprint density at radius 3 is 2.27 bits per heavy atom. The summed E-state index contributed by atoms with van der Waals surface area (Å²) in [4.78, 5) is 36.3. The summed E-state index contributed by atoms with van der Waals surface area (Å²) in [6.45, 7) is 0.548. The molecule has 2 aliphatic rings. The maximum atomic E-state index is 12.5. The number of rotatable bonds is 4. The van der Waals surface area contributed by atoms with Gasteiger partial charge in [0.05, 0.1) is 5.56 Å². The van der Waals surface area contributed by atoms with Crippen LogP contribution in [-0.4, -0.2) is 46.5 Å². The molecule has 140 valence electrons. The summed E-state index contributed by atoms with van der Waals surface area (Å²) in [5.74, 6) is -0.630. The van der Waals surface area contributed by atoms with Crippen molar-refractivity contribution in [2.45, 2.75) is 56.5 Å². The highest BCUT2D eigenvalue weighted by molar-refractivity contribution is 5.88. The van der Waals surface area contributed by atoms with Gasteiger partial charge >= 0.3 is 12.0 Å². The Labute approximate surface area is 152 Å². The predicted molar refractivity (Wildman–Crippen MR) is 95.9 cm³/mol. The van der Waals surface area contributed by atoms with Crippen molar-refractivity contribution in [2.24, 2.45) is 5.73 Å². The van der Waals surface area contributed by atoms with Gasteiger partial charge in [0, 0.05) is 12.6 Å². The summed E-state index contributed by atoms with van der Waals surface area (Å²) < 4.78 is 0. The Balaban J connectivity index is 1.51. The number of carbonyl (C=O) groups excluding carboxylic acids is 2. The monoisotopic (exact) mass is 359 g/mol. The van der Waals surface area contributed by atoms with Crippen molar-refractivity contribution in [1.82, 2.24) is 10.2 Å². The molecule has 0 unspecified atom stereocenters. The van der Waals surface area contributed by atoms with Gasteiger partial charge in [-0.1, -0.05) is 12.1 Å². The summed E-state index contributed by atoms with van der Waals surface area (Å²) >= 11 is 0. The molecule has 1 saturated heterocycles. The van der Waals surface area contributed by atoms with Gasteiger partial charge in [-0.25, -0.2) is 9.59 Å². The number of urea groups is 1. The molecule has 1 aromatic carbocycles. The van der Waals surface area contributed by atoms with Gasteiger partial charge in [0.1, 0.15) is 6.04 Å². The van der Waals surface area contributed by atoms with Gasteiger partial charge in [-0.3, -0.25) is 4.79 Å². The van der Waals surface area contributed by atoms with E-state index in [1.165, 1.54) is 4.90 Å². The van der Waals surface area contributed by atoms with Crippen molar-refractivity contribution in [3.8, 4) is 0 Å². The highest BCUT2D eigenvalue weighted by Crippen LogP contribution is 2.33. The fourth-order valence-electron chi connectivity index (χ4n) is 4.07. The molecule has 7 nitrogen and oxygen atoms in total. The molecular weight excluding hydrogens is 334 g/mol. The second kappa shape index (κ2) is 7.76. The molecule has 1 heterocycles. The SMILES string of the molecule is NC(=O)N1CCC[C@@H]1C(=O)NC1CCC(c2ccc(C(=O)O)cc2)CC1. The molecule has 0 bridgehead atoms. The minimum Gasteiger partial charge on any atom is -0.478 e. The van der Waals surface area contributed by atoms with Crippen LogP contribution in [0.15, 0.2) is 24.3 Å². The molecular formula is C19H25N3O4. The zero-order valence-corrected chi connectivity index (χ0v) is 14.7. The van der Waals surface area contributed by atoms with Crippen LogP contribution in [0, 0.1) is 0 Å². The molecule has 0 aromatic heterocycles. The van der Waals surface area contributed by atoms with E-state index in [0.29, 0.717) is 24.4 Å². The normalized spacial score (nSPS) is 25.7. The topological polar surface area (TPSA) is 113 Å². The van der Waals surface area contributed by atoms with Crippen molar-refractivity contribution >= 4 is 17.9 Å². The molecule has 1 saturated carbocycles. The largest absolute Gasteiger partial charge is 0.478 e. The number of carbonyl (C=O) groups is 3. The van der Waals surface area contributed by atoms with Gasteiger partial charge < -0.3 is 21.1 Å². The second-order valence-electron chi connectivity index (χ2n) is 7.17. The lowest BCUT2D eigenvalue weighted by atomic mass is 9.81. The molecule has 1 aliphatic carbocycles. The lowest BCUT2D eigenvalue weighted by Gasteiger charge is -2.31. The van der Waals surface area contributed by atoms with Crippen LogP contribution in [0.25, 0.3) is 0 Å². The Hall–Kier alpha value is -2.57.